The fraction of sp³-hybridized carbons (Fsp3) is 0.714. The van der Waals surface area contributed by atoms with Crippen molar-refractivity contribution in [1.29, 1.82) is 0 Å². The van der Waals surface area contributed by atoms with Crippen molar-refractivity contribution in [3.8, 4) is 0 Å². The summed E-state index contributed by atoms with van der Waals surface area (Å²) in [7, 11) is 0.958. The van der Waals surface area contributed by atoms with Crippen molar-refractivity contribution in [2.45, 2.75) is 64.7 Å². The number of rotatable bonds is 9. The first kappa shape index (κ1) is 12.8. The van der Waals surface area contributed by atoms with Gasteiger partial charge in [0, 0.05) is 0 Å². The van der Waals surface area contributed by atoms with Gasteiger partial charge in [-0.3, -0.25) is 0 Å². The molecule has 0 nitrogen and oxygen atoms in total. The molecule has 0 aromatic carbocycles. The van der Waals surface area contributed by atoms with Crippen LogP contribution in [0.5, 0.6) is 0 Å². The van der Waals surface area contributed by atoms with Crippen molar-refractivity contribution in [3.05, 3.63) is 23.2 Å². The van der Waals surface area contributed by atoms with Gasteiger partial charge in [-0.15, -0.1) is 8.19 Å². The largest absolute Gasteiger partial charge is 0.140 e. The molecule has 0 aliphatic heterocycles. The minimum Gasteiger partial charge on any atom is -0.140 e. The smallest absolute Gasteiger partial charge is 0.0276 e. The van der Waals surface area contributed by atoms with Crippen LogP contribution in [0.4, 0.5) is 0 Å². The highest BCUT2D eigenvalue weighted by Gasteiger charge is 1.93. The van der Waals surface area contributed by atoms with E-state index >= 15 is 0 Å². The Labute approximate surface area is 96.6 Å². The molecule has 1 rings (SSSR count). The first-order valence-electron chi connectivity index (χ1n) is 6.55. The Hall–Kier alpha value is -0.220. The second kappa shape index (κ2) is 9.04. The minimum absolute atomic E-state index is 0.958. The van der Waals surface area contributed by atoms with Gasteiger partial charge in [0.1, 0.15) is 0 Å². The minimum atomic E-state index is 0.958. The summed E-state index contributed by atoms with van der Waals surface area (Å²) < 4.78 is 0. The van der Waals surface area contributed by atoms with Crippen LogP contribution in [0, 0.1) is 0 Å². The summed E-state index contributed by atoms with van der Waals surface area (Å²) in [4.78, 5) is 0. The average molecular weight is 224 g/mol. The molecule has 1 unspecified atom stereocenters. The molecular formula is C14H25P. The summed E-state index contributed by atoms with van der Waals surface area (Å²) in [6, 6.07) is 2.31. The highest BCUT2D eigenvalue weighted by atomic mass is 31.0. The van der Waals surface area contributed by atoms with Crippen LogP contribution in [-0.4, -0.2) is 0 Å². The van der Waals surface area contributed by atoms with E-state index in [9.17, 15) is 0 Å². The van der Waals surface area contributed by atoms with E-state index in [0.29, 0.717) is 0 Å². The van der Waals surface area contributed by atoms with Crippen molar-refractivity contribution in [2.75, 3.05) is 0 Å². The molecule has 0 spiro atoms. The number of unbranched alkanes of at least 4 members (excludes halogenated alkanes) is 7. The van der Waals surface area contributed by atoms with Crippen molar-refractivity contribution < 1.29 is 0 Å². The molecule has 0 bridgehead atoms. The lowest BCUT2D eigenvalue weighted by Gasteiger charge is -2.00. The maximum absolute atomic E-state index is 2.39. The molecule has 1 heterocycles. The summed E-state index contributed by atoms with van der Waals surface area (Å²) in [5.74, 6) is 4.68. The van der Waals surface area contributed by atoms with Gasteiger partial charge in [0.2, 0.25) is 0 Å². The van der Waals surface area contributed by atoms with Crippen molar-refractivity contribution in [1.82, 2.24) is 0 Å². The summed E-state index contributed by atoms with van der Waals surface area (Å²) in [6.07, 6.45) is 12.7. The van der Waals surface area contributed by atoms with Gasteiger partial charge in [-0.25, -0.2) is 0 Å². The Morgan fingerprint density at radius 2 is 1.60 bits per heavy atom. The molecule has 1 aromatic rings. The fourth-order valence-corrected chi connectivity index (χ4v) is 2.84. The fourth-order valence-electron chi connectivity index (χ4n) is 1.98. The predicted octanol–water partition coefficient (Wildman–Crippen LogP) is 5.40. The van der Waals surface area contributed by atoms with Crippen LogP contribution < -0.4 is 0 Å². The van der Waals surface area contributed by atoms with Crippen molar-refractivity contribution in [2.24, 2.45) is 0 Å². The van der Waals surface area contributed by atoms with Crippen LogP contribution in [0.2, 0.25) is 0 Å². The number of hydrogen-bond acceptors (Lipinski definition) is 0. The van der Waals surface area contributed by atoms with Crippen LogP contribution in [0.3, 0.4) is 0 Å². The van der Waals surface area contributed by atoms with Gasteiger partial charge in [-0.2, -0.15) is 0 Å². The summed E-state index contributed by atoms with van der Waals surface area (Å²) >= 11 is 0. The molecule has 0 amide bonds. The molecule has 0 fully saturated rings. The van der Waals surface area contributed by atoms with E-state index in [4.69, 9.17) is 0 Å². The molecule has 0 saturated heterocycles. The van der Waals surface area contributed by atoms with Crippen LogP contribution in [0.1, 0.15) is 63.9 Å². The Kier molecular flexibility index (Phi) is 7.74. The highest BCUT2D eigenvalue weighted by Crippen LogP contribution is 2.15. The van der Waals surface area contributed by atoms with E-state index in [1.165, 1.54) is 57.8 Å². The third-order valence-electron chi connectivity index (χ3n) is 2.98. The lowest BCUT2D eigenvalue weighted by molar-refractivity contribution is 0.575. The van der Waals surface area contributed by atoms with E-state index in [1.807, 2.05) is 0 Å². The maximum atomic E-state index is 2.39. The molecule has 1 heteroatoms. The molecule has 1 atom stereocenters. The van der Waals surface area contributed by atoms with E-state index in [-0.39, 0.29) is 0 Å². The Morgan fingerprint density at radius 1 is 0.933 bits per heavy atom. The summed E-state index contributed by atoms with van der Waals surface area (Å²) in [6.45, 7) is 2.28. The number of aryl methyl sites for hydroxylation is 1. The Balaban J connectivity index is 1.81. The molecule has 0 aliphatic carbocycles. The zero-order valence-corrected chi connectivity index (χ0v) is 11.1. The predicted molar refractivity (Wildman–Crippen MR) is 72.3 cm³/mol. The molecule has 0 N–H and O–H groups in total. The van der Waals surface area contributed by atoms with Gasteiger partial charge >= 0.3 is 0 Å². The standard InChI is InChI=1S/C14H25P/c1-2-3-4-5-6-7-8-9-10-14-11-12-15-13-14/h11-13,15H,2-10H2,1H3. The second-order valence-electron chi connectivity index (χ2n) is 4.44. The SMILES string of the molecule is CCCCCCCCCCc1cc[pH]c1. The monoisotopic (exact) mass is 224 g/mol. The van der Waals surface area contributed by atoms with Gasteiger partial charge < -0.3 is 0 Å². The van der Waals surface area contributed by atoms with E-state index in [0.717, 1.165) is 8.19 Å². The lowest BCUT2D eigenvalue weighted by atomic mass is 10.1. The lowest BCUT2D eigenvalue weighted by Crippen LogP contribution is -1.84. The number of hydrogen-bond donors (Lipinski definition) is 0. The van der Waals surface area contributed by atoms with E-state index < -0.39 is 0 Å². The van der Waals surface area contributed by atoms with Crippen molar-refractivity contribution >= 4 is 8.19 Å². The molecular weight excluding hydrogens is 199 g/mol. The normalized spacial score (nSPS) is 11.3. The molecule has 1 aromatic heterocycles. The molecule has 0 aliphatic rings. The molecule has 0 radical (unpaired) electrons. The summed E-state index contributed by atoms with van der Waals surface area (Å²) in [5, 5.41) is 0. The zero-order chi connectivity index (χ0) is 10.8. The average Bonchev–Trinajstić information content (AvgIpc) is 2.75. The van der Waals surface area contributed by atoms with Crippen molar-refractivity contribution in [3.63, 3.8) is 0 Å². The van der Waals surface area contributed by atoms with E-state index in [1.54, 1.807) is 5.56 Å². The van der Waals surface area contributed by atoms with Gasteiger partial charge in [-0.1, -0.05) is 57.9 Å². The third kappa shape index (κ3) is 6.79. The summed E-state index contributed by atoms with van der Waals surface area (Å²) in [5.41, 5.74) is 1.58. The third-order valence-corrected chi connectivity index (χ3v) is 3.88. The van der Waals surface area contributed by atoms with Gasteiger partial charge in [0.25, 0.3) is 0 Å². The van der Waals surface area contributed by atoms with Crippen LogP contribution in [0.25, 0.3) is 0 Å². The molecule has 86 valence electrons. The van der Waals surface area contributed by atoms with Gasteiger partial charge in [-0.05, 0) is 30.0 Å². The van der Waals surface area contributed by atoms with Gasteiger partial charge in [0.05, 0.1) is 0 Å². The first-order chi connectivity index (χ1) is 7.43. The maximum Gasteiger partial charge on any atom is -0.0276 e. The Bertz CT molecular complexity index is 213. The second-order valence-corrected chi connectivity index (χ2v) is 5.40. The quantitative estimate of drug-likeness (QED) is 0.492. The van der Waals surface area contributed by atoms with Crippen LogP contribution in [0.15, 0.2) is 17.7 Å². The van der Waals surface area contributed by atoms with E-state index in [2.05, 4.69) is 24.6 Å². The molecule has 15 heavy (non-hydrogen) atoms. The molecule has 0 saturated carbocycles. The topological polar surface area (TPSA) is 0 Å². The first-order valence-corrected chi connectivity index (χ1v) is 7.70. The van der Waals surface area contributed by atoms with Crippen LogP contribution >= 0.6 is 8.19 Å². The zero-order valence-electron chi connectivity index (χ0n) is 10.1. The highest BCUT2D eigenvalue weighted by molar-refractivity contribution is 7.28. The Morgan fingerprint density at radius 3 is 2.20 bits per heavy atom. The van der Waals surface area contributed by atoms with Crippen LogP contribution in [-0.2, 0) is 6.42 Å². The van der Waals surface area contributed by atoms with Gasteiger partial charge in [0.15, 0.2) is 0 Å².